The Morgan fingerprint density at radius 2 is 2.27 bits per heavy atom. The van der Waals surface area contributed by atoms with Gasteiger partial charge < -0.3 is 5.32 Å². The third kappa shape index (κ3) is 2.93. The van der Waals surface area contributed by atoms with E-state index in [0.717, 1.165) is 6.42 Å². The van der Waals surface area contributed by atoms with E-state index in [4.69, 9.17) is 11.6 Å². The molecular formula is C11H13ClFNO. The summed E-state index contributed by atoms with van der Waals surface area (Å²) in [5.74, 6) is -0.915. The number of amides is 1. The van der Waals surface area contributed by atoms with Crippen LogP contribution in [0.4, 0.5) is 4.39 Å². The molecular weight excluding hydrogens is 217 g/mol. The minimum absolute atomic E-state index is 0.0526. The van der Waals surface area contributed by atoms with Gasteiger partial charge in [0.2, 0.25) is 0 Å². The second kappa shape index (κ2) is 5.12. The van der Waals surface area contributed by atoms with E-state index in [2.05, 4.69) is 5.32 Å². The van der Waals surface area contributed by atoms with E-state index in [9.17, 15) is 9.18 Å². The maximum Gasteiger partial charge on any atom is 0.253 e. The summed E-state index contributed by atoms with van der Waals surface area (Å²) in [7, 11) is 0. The van der Waals surface area contributed by atoms with Crippen LogP contribution in [0, 0.1) is 5.82 Å². The molecule has 1 aromatic rings. The van der Waals surface area contributed by atoms with Crippen LogP contribution in [0.2, 0.25) is 5.02 Å². The van der Waals surface area contributed by atoms with Crippen molar-refractivity contribution >= 4 is 17.5 Å². The fourth-order valence-corrected chi connectivity index (χ4v) is 1.29. The van der Waals surface area contributed by atoms with E-state index in [1.54, 1.807) is 0 Å². The van der Waals surface area contributed by atoms with Crippen LogP contribution in [-0.4, -0.2) is 11.9 Å². The topological polar surface area (TPSA) is 29.1 Å². The molecule has 0 fully saturated rings. The molecule has 0 aliphatic carbocycles. The molecule has 0 aromatic heterocycles. The maximum absolute atomic E-state index is 13.0. The lowest BCUT2D eigenvalue weighted by Gasteiger charge is -2.12. The molecule has 1 rings (SSSR count). The summed E-state index contributed by atoms with van der Waals surface area (Å²) >= 11 is 5.68. The largest absolute Gasteiger partial charge is 0.350 e. The molecule has 1 unspecified atom stereocenters. The Morgan fingerprint density at radius 1 is 1.60 bits per heavy atom. The molecule has 0 spiro atoms. The Hall–Kier alpha value is -1.09. The number of benzene rings is 1. The van der Waals surface area contributed by atoms with Gasteiger partial charge in [0.1, 0.15) is 5.82 Å². The standard InChI is InChI=1S/C11H13ClFNO/c1-3-7(2)14-11(15)8-5-4-6-9(13)10(8)12/h4-7H,3H2,1-2H3,(H,14,15). The van der Waals surface area contributed by atoms with Gasteiger partial charge in [-0.15, -0.1) is 0 Å². The van der Waals surface area contributed by atoms with Gasteiger partial charge in [0.05, 0.1) is 10.6 Å². The summed E-state index contributed by atoms with van der Waals surface area (Å²) in [6, 6.07) is 4.25. The summed E-state index contributed by atoms with van der Waals surface area (Å²) in [6.07, 6.45) is 0.818. The van der Waals surface area contributed by atoms with Gasteiger partial charge >= 0.3 is 0 Å². The van der Waals surface area contributed by atoms with Crippen molar-refractivity contribution in [3.63, 3.8) is 0 Å². The number of halogens is 2. The molecule has 4 heteroatoms. The number of hydrogen-bond donors (Lipinski definition) is 1. The first-order valence-corrected chi connectivity index (χ1v) is 5.19. The lowest BCUT2D eigenvalue weighted by atomic mass is 10.2. The summed E-state index contributed by atoms with van der Waals surface area (Å²) in [5.41, 5.74) is 0.178. The molecule has 2 nitrogen and oxygen atoms in total. The van der Waals surface area contributed by atoms with Crippen LogP contribution in [0.25, 0.3) is 0 Å². The van der Waals surface area contributed by atoms with Crippen molar-refractivity contribution in [1.82, 2.24) is 5.32 Å². The van der Waals surface area contributed by atoms with Crippen LogP contribution in [0.3, 0.4) is 0 Å². The van der Waals surface area contributed by atoms with Crippen molar-refractivity contribution < 1.29 is 9.18 Å². The Bertz CT molecular complexity index is 368. The van der Waals surface area contributed by atoms with Crippen LogP contribution in [0.5, 0.6) is 0 Å². The predicted molar refractivity (Wildman–Crippen MR) is 58.6 cm³/mol. The summed E-state index contributed by atoms with van der Waals surface area (Å²) in [5, 5.41) is 2.60. The highest BCUT2D eigenvalue weighted by atomic mass is 35.5. The van der Waals surface area contributed by atoms with Gasteiger partial charge in [-0.25, -0.2) is 4.39 Å². The molecule has 0 saturated carbocycles. The number of hydrogen-bond acceptors (Lipinski definition) is 1. The fraction of sp³-hybridized carbons (Fsp3) is 0.364. The zero-order valence-corrected chi connectivity index (χ0v) is 9.44. The van der Waals surface area contributed by atoms with Gasteiger partial charge in [0.15, 0.2) is 0 Å². The first-order chi connectivity index (χ1) is 7.06. The SMILES string of the molecule is CCC(C)NC(=O)c1cccc(F)c1Cl. The predicted octanol–water partition coefficient (Wildman–Crippen LogP) is 3.01. The Kier molecular flexibility index (Phi) is 4.09. The van der Waals surface area contributed by atoms with Crippen LogP contribution < -0.4 is 5.32 Å². The fourth-order valence-electron chi connectivity index (χ4n) is 1.08. The third-order valence-electron chi connectivity index (χ3n) is 2.19. The van der Waals surface area contributed by atoms with Crippen molar-refractivity contribution in [2.24, 2.45) is 0 Å². The van der Waals surface area contributed by atoms with Crippen LogP contribution in [0.1, 0.15) is 30.6 Å². The van der Waals surface area contributed by atoms with Crippen molar-refractivity contribution in [2.75, 3.05) is 0 Å². The average molecular weight is 230 g/mol. The van der Waals surface area contributed by atoms with E-state index in [-0.39, 0.29) is 22.5 Å². The van der Waals surface area contributed by atoms with Gasteiger partial charge in [-0.1, -0.05) is 24.6 Å². The second-order valence-electron chi connectivity index (χ2n) is 3.38. The minimum atomic E-state index is -0.575. The number of nitrogens with one attached hydrogen (secondary N) is 1. The van der Waals surface area contributed by atoms with Gasteiger partial charge in [0, 0.05) is 6.04 Å². The molecule has 82 valence electrons. The first kappa shape index (κ1) is 12.0. The van der Waals surface area contributed by atoms with E-state index in [0.29, 0.717) is 0 Å². The molecule has 0 bridgehead atoms. The van der Waals surface area contributed by atoms with Gasteiger partial charge in [0.25, 0.3) is 5.91 Å². The summed E-state index contributed by atoms with van der Waals surface area (Å²) in [4.78, 5) is 11.6. The molecule has 1 N–H and O–H groups in total. The van der Waals surface area contributed by atoms with Crippen LogP contribution in [0.15, 0.2) is 18.2 Å². The number of rotatable bonds is 3. The van der Waals surface area contributed by atoms with Gasteiger partial charge in [-0.2, -0.15) is 0 Å². The lowest BCUT2D eigenvalue weighted by molar-refractivity contribution is 0.0939. The quantitative estimate of drug-likeness (QED) is 0.848. The normalized spacial score (nSPS) is 12.3. The minimum Gasteiger partial charge on any atom is -0.350 e. The molecule has 0 heterocycles. The molecule has 15 heavy (non-hydrogen) atoms. The highest BCUT2D eigenvalue weighted by molar-refractivity contribution is 6.34. The third-order valence-corrected chi connectivity index (χ3v) is 2.57. The Labute approximate surface area is 93.4 Å². The summed E-state index contributed by atoms with van der Waals surface area (Å²) < 4.78 is 13.0. The molecule has 1 amide bonds. The molecule has 0 aliphatic heterocycles. The zero-order valence-electron chi connectivity index (χ0n) is 8.68. The van der Waals surface area contributed by atoms with Crippen molar-refractivity contribution in [3.05, 3.63) is 34.6 Å². The first-order valence-electron chi connectivity index (χ1n) is 4.81. The van der Waals surface area contributed by atoms with E-state index >= 15 is 0 Å². The smallest absolute Gasteiger partial charge is 0.253 e. The summed E-state index contributed by atoms with van der Waals surface area (Å²) in [6.45, 7) is 3.84. The van der Waals surface area contributed by atoms with Crippen molar-refractivity contribution in [1.29, 1.82) is 0 Å². The molecule has 1 atom stereocenters. The second-order valence-corrected chi connectivity index (χ2v) is 3.76. The van der Waals surface area contributed by atoms with E-state index in [1.165, 1.54) is 18.2 Å². The molecule has 1 aromatic carbocycles. The molecule has 0 radical (unpaired) electrons. The number of carbonyl (C=O) groups excluding carboxylic acids is 1. The monoisotopic (exact) mass is 229 g/mol. The van der Waals surface area contributed by atoms with Crippen LogP contribution in [-0.2, 0) is 0 Å². The molecule has 0 saturated heterocycles. The van der Waals surface area contributed by atoms with E-state index < -0.39 is 5.82 Å². The average Bonchev–Trinajstić information content (AvgIpc) is 2.21. The van der Waals surface area contributed by atoms with Gasteiger partial charge in [-0.05, 0) is 25.5 Å². The zero-order chi connectivity index (χ0) is 11.4. The Morgan fingerprint density at radius 3 is 2.87 bits per heavy atom. The van der Waals surface area contributed by atoms with Crippen molar-refractivity contribution in [2.45, 2.75) is 26.3 Å². The van der Waals surface area contributed by atoms with Gasteiger partial charge in [-0.3, -0.25) is 4.79 Å². The van der Waals surface area contributed by atoms with Crippen LogP contribution >= 0.6 is 11.6 Å². The highest BCUT2D eigenvalue weighted by Crippen LogP contribution is 2.19. The van der Waals surface area contributed by atoms with Crippen molar-refractivity contribution in [3.8, 4) is 0 Å². The van der Waals surface area contributed by atoms with E-state index in [1.807, 2.05) is 13.8 Å². The molecule has 0 aliphatic rings. The lowest BCUT2D eigenvalue weighted by Crippen LogP contribution is -2.32. The Balaban J connectivity index is 2.87. The number of carbonyl (C=O) groups is 1. The maximum atomic E-state index is 13.0. The highest BCUT2D eigenvalue weighted by Gasteiger charge is 2.14.